The van der Waals surface area contributed by atoms with Crippen LogP contribution in [0.2, 0.25) is 0 Å². The van der Waals surface area contributed by atoms with Crippen LogP contribution in [0.4, 0.5) is 10.3 Å². The summed E-state index contributed by atoms with van der Waals surface area (Å²) in [6.07, 6.45) is 0.850. The van der Waals surface area contributed by atoms with Crippen molar-refractivity contribution in [2.45, 2.75) is 13.3 Å². The molecule has 0 fully saturated rings. The molecule has 0 bridgehead atoms. The highest BCUT2D eigenvalue weighted by atomic mass is 79.9. The van der Waals surface area contributed by atoms with Gasteiger partial charge in [0.25, 0.3) is 0 Å². The number of fused-ring (bicyclic) bond motifs is 1. The summed E-state index contributed by atoms with van der Waals surface area (Å²) in [5, 5.41) is 0. The summed E-state index contributed by atoms with van der Waals surface area (Å²) in [7, 11) is 0. The predicted molar refractivity (Wildman–Crippen MR) is 82.5 cm³/mol. The third-order valence-electron chi connectivity index (χ3n) is 3.33. The molecular weight excluding hydrogens is 321 g/mol. The van der Waals surface area contributed by atoms with Crippen molar-refractivity contribution >= 4 is 32.9 Å². The highest BCUT2D eigenvalue weighted by Gasteiger charge is 2.15. The molecule has 0 aliphatic rings. The number of halogens is 2. The lowest BCUT2D eigenvalue weighted by atomic mass is 10.1. The summed E-state index contributed by atoms with van der Waals surface area (Å²) in [6.45, 7) is 2.07. The Labute approximate surface area is 124 Å². The molecule has 1 heterocycles. The van der Waals surface area contributed by atoms with Crippen molar-refractivity contribution in [2.24, 2.45) is 0 Å². The maximum absolute atomic E-state index is 13.8. The molecule has 3 nitrogen and oxygen atoms in total. The minimum atomic E-state index is -0.358. The number of rotatable bonds is 2. The van der Waals surface area contributed by atoms with E-state index in [4.69, 9.17) is 5.73 Å². The number of imidazole rings is 1. The lowest BCUT2D eigenvalue weighted by molar-refractivity contribution is 0.637. The van der Waals surface area contributed by atoms with E-state index in [2.05, 4.69) is 27.8 Å². The number of para-hydroxylation sites is 1. The molecule has 20 heavy (non-hydrogen) atoms. The molecule has 5 heteroatoms. The van der Waals surface area contributed by atoms with E-state index in [1.54, 1.807) is 10.6 Å². The third kappa shape index (κ3) is 1.98. The SMILES string of the molecule is CCc1cc(Br)ccc1-n1c(N)nc2c(F)cccc21. The van der Waals surface area contributed by atoms with Crippen molar-refractivity contribution < 1.29 is 4.39 Å². The number of benzene rings is 2. The van der Waals surface area contributed by atoms with Crippen molar-refractivity contribution in [3.63, 3.8) is 0 Å². The number of nitrogens with two attached hydrogens (primary N) is 1. The lowest BCUT2D eigenvalue weighted by Crippen LogP contribution is -2.03. The fourth-order valence-corrected chi connectivity index (χ4v) is 2.80. The molecule has 2 aromatic carbocycles. The van der Waals surface area contributed by atoms with Gasteiger partial charge in [0.2, 0.25) is 5.95 Å². The van der Waals surface area contributed by atoms with Gasteiger partial charge >= 0.3 is 0 Å². The standard InChI is InChI=1S/C15H13BrFN3/c1-2-9-8-10(16)6-7-12(9)20-13-5-3-4-11(17)14(13)19-15(20)18/h3-8H,2H2,1H3,(H2,18,19). The lowest BCUT2D eigenvalue weighted by Gasteiger charge is -2.12. The molecule has 0 aliphatic heterocycles. The largest absolute Gasteiger partial charge is 0.369 e. The number of hydrogen-bond acceptors (Lipinski definition) is 2. The van der Waals surface area contributed by atoms with Crippen molar-refractivity contribution in [1.29, 1.82) is 0 Å². The van der Waals surface area contributed by atoms with Gasteiger partial charge in [0.1, 0.15) is 5.52 Å². The predicted octanol–water partition coefficient (Wildman–Crippen LogP) is 4.07. The molecular formula is C15H13BrFN3. The molecule has 0 unspecified atom stereocenters. The number of aromatic nitrogens is 2. The Morgan fingerprint density at radius 3 is 2.85 bits per heavy atom. The number of anilines is 1. The molecule has 1 aromatic heterocycles. The second kappa shape index (κ2) is 4.90. The Kier molecular flexibility index (Phi) is 3.22. The Morgan fingerprint density at radius 1 is 1.30 bits per heavy atom. The van der Waals surface area contributed by atoms with Crippen LogP contribution >= 0.6 is 15.9 Å². The van der Waals surface area contributed by atoms with Crippen LogP contribution < -0.4 is 5.73 Å². The molecule has 0 radical (unpaired) electrons. The molecule has 0 amide bonds. The molecule has 0 saturated heterocycles. The smallest absolute Gasteiger partial charge is 0.206 e. The normalized spacial score (nSPS) is 11.2. The van der Waals surface area contributed by atoms with Crippen molar-refractivity contribution in [1.82, 2.24) is 9.55 Å². The van der Waals surface area contributed by atoms with Gasteiger partial charge in [0.15, 0.2) is 5.82 Å². The quantitative estimate of drug-likeness (QED) is 0.768. The average molecular weight is 334 g/mol. The second-order valence-corrected chi connectivity index (χ2v) is 5.46. The van der Waals surface area contributed by atoms with Crippen molar-refractivity contribution in [3.8, 4) is 5.69 Å². The first-order chi connectivity index (χ1) is 9.61. The molecule has 2 N–H and O–H groups in total. The van der Waals surface area contributed by atoms with Crippen molar-refractivity contribution in [2.75, 3.05) is 5.73 Å². The summed E-state index contributed by atoms with van der Waals surface area (Å²) in [5.41, 5.74) is 9.02. The summed E-state index contributed by atoms with van der Waals surface area (Å²) < 4.78 is 16.6. The number of nitrogen functional groups attached to an aromatic ring is 1. The topological polar surface area (TPSA) is 43.8 Å². The number of hydrogen-bond donors (Lipinski definition) is 1. The van der Waals surface area contributed by atoms with E-state index >= 15 is 0 Å². The third-order valence-corrected chi connectivity index (χ3v) is 3.82. The van der Waals surface area contributed by atoms with Crippen LogP contribution in [0.3, 0.4) is 0 Å². The van der Waals surface area contributed by atoms with Gasteiger partial charge in [0.05, 0.1) is 11.2 Å². The molecule has 102 valence electrons. The van der Waals surface area contributed by atoms with Gasteiger partial charge in [-0.05, 0) is 42.3 Å². The molecule has 0 spiro atoms. The Hall–Kier alpha value is -1.88. The van der Waals surface area contributed by atoms with Gasteiger partial charge < -0.3 is 5.73 Å². The number of aryl methyl sites for hydroxylation is 1. The van der Waals surface area contributed by atoms with Crippen molar-refractivity contribution in [3.05, 3.63) is 52.3 Å². The zero-order chi connectivity index (χ0) is 14.3. The minimum absolute atomic E-state index is 0.294. The molecule has 0 atom stereocenters. The van der Waals surface area contributed by atoms with Gasteiger partial charge in [-0.1, -0.05) is 28.9 Å². The van der Waals surface area contributed by atoms with E-state index < -0.39 is 0 Å². The van der Waals surface area contributed by atoms with Gasteiger partial charge in [-0.15, -0.1) is 0 Å². The van der Waals surface area contributed by atoms with Gasteiger partial charge in [-0.25, -0.2) is 9.37 Å². The summed E-state index contributed by atoms with van der Waals surface area (Å²) in [6, 6.07) is 10.8. The first-order valence-corrected chi connectivity index (χ1v) is 7.12. The molecule has 0 aliphatic carbocycles. The van der Waals surface area contributed by atoms with Crippen LogP contribution in [0.25, 0.3) is 16.7 Å². The van der Waals surface area contributed by atoms with Crippen LogP contribution in [0.15, 0.2) is 40.9 Å². The van der Waals surface area contributed by atoms with Gasteiger partial charge in [0, 0.05) is 4.47 Å². The van der Waals surface area contributed by atoms with E-state index in [1.807, 2.05) is 24.3 Å². The van der Waals surface area contributed by atoms with E-state index in [0.717, 1.165) is 22.1 Å². The fraction of sp³-hybridized carbons (Fsp3) is 0.133. The van der Waals surface area contributed by atoms with Crippen LogP contribution in [0.1, 0.15) is 12.5 Å². The molecule has 3 aromatic rings. The average Bonchev–Trinajstić information content (AvgIpc) is 2.77. The zero-order valence-electron chi connectivity index (χ0n) is 10.9. The number of nitrogens with zero attached hydrogens (tertiary/aromatic N) is 2. The summed E-state index contributed by atoms with van der Waals surface area (Å²) in [4.78, 5) is 4.14. The monoisotopic (exact) mass is 333 g/mol. The first kappa shape index (κ1) is 13.1. The Bertz CT molecular complexity index is 795. The van der Waals surface area contributed by atoms with Gasteiger partial charge in [-0.3, -0.25) is 4.57 Å². The molecule has 0 saturated carbocycles. The van der Waals surface area contributed by atoms with E-state index in [9.17, 15) is 4.39 Å². The summed E-state index contributed by atoms with van der Waals surface area (Å²) in [5.74, 6) is -0.0646. The molecule has 3 rings (SSSR count). The Morgan fingerprint density at radius 2 is 2.10 bits per heavy atom. The zero-order valence-corrected chi connectivity index (χ0v) is 12.5. The first-order valence-electron chi connectivity index (χ1n) is 6.33. The van der Waals surface area contributed by atoms with E-state index in [0.29, 0.717) is 17.0 Å². The maximum Gasteiger partial charge on any atom is 0.206 e. The highest BCUT2D eigenvalue weighted by molar-refractivity contribution is 9.10. The van der Waals surface area contributed by atoms with Gasteiger partial charge in [-0.2, -0.15) is 0 Å². The van der Waals surface area contributed by atoms with Crippen LogP contribution in [0, 0.1) is 5.82 Å². The van der Waals surface area contributed by atoms with E-state index in [1.165, 1.54) is 6.07 Å². The maximum atomic E-state index is 13.8. The van der Waals surface area contributed by atoms with E-state index in [-0.39, 0.29) is 5.82 Å². The van der Waals surface area contributed by atoms with Crippen LogP contribution in [-0.4, -0.2) is 9.55 Å². The summed E-state index contributed by atoms with van der Waals surface area (Å²) >= 11 is 3.46. The van der Waals surface area contributed by atoms with Crippen LogP contribution in [-0.2, 0) is 6.42 Å². The van der Waals surface area contributed by atoms with Crippen LogP contribution in [0.5, 0.6) is 0 Å². The second-order valence-electron chi connectivity index (χ2n) is 4.54. The highest BCUT2D eigenvalue weighted by Crippen LogP contribution is 2.28. The Balaban J connectivity index is 2.35. The minimum Gasteiger partial charge on any atom is -0.369 e. The fourth-order valence-electron chi connectivity index (χ4n) is 2.39.